The van der Waals surface area contributed by atoms with Gasteiger partial charge in [-0.25, -0.2) is 0 Å². The first kappa shape index (κ1) is 20.3. The maximum atomic E-state index is 11.1. The minimum atomic E-state index is -0.880. The van der Waals surface area contributed by atoms with E-state index in [-0.39, 0.29) is 19.4 Å². The van der Waals surface area contributed by atoms with Crippen molar-refractivity contribution in [1.29, 1.82) is 0 Å². The summed E-state index contributed by atoms with van der Waals surface area (Å²) in [6.45, 7) is 0.591. The third-order valence-corrected chi connectivity index (χ3v) is 4.97. The number of aromatic nitrogens is 2. The van der Waals surface area contributed by atoms with Crippen molar-refractivity contribution < 1.29 is 37.8 Å². The standard InChI is InChI=1S/C23H20N2O6/c26-22(27)12-14-24-16-6-1-3-8-18(16)30-20(24)10-5-11-21-25(15-13-23(28)29)17-7-2-4-9-19(17)31-21/h1-10H,11-15H2/p+2. The molecule has 0 unspecified atom stereocenters. The molecule has 0 aliphatic heterocycles. The van der Waals surface area contributed by atoms with Gasteiger partial charge >= 0.3 is 23.7 Å². The number of oxazole rings is 2. The van der Waals surface area contributed by atoms with E-state index >= 15 is 0 Å². The largest absolute Gasteiger partial charge is 0.481 e. The molecular formula is C23H22N2O6+2. The summed E-state index contributed by atoms with van der Waals surface area (Å²) in [5, 5.41) is 18.1. The fourth-order valence-corrected chi connectivity index (χ4v) is 3.56. The van der Waals surface area contributed by atoms with Crippen molar-refractivity contribution in [3.05, 3.63) is 66.4 Å². The van der Waals surface area contributed by atoms with E-state index in [9.17, 15) is 9.59 Å². The van der Waals surface area contributed by atoms with Crippen LogP contribution in [0.4, 0.5) is 0 Å². The molecule has 0 spiro atoms. The molecule has 2 aromatic heterocycles. The van der Waals surface area contributed by atoms with Gasteiger partial charge in [-0.2, -0.15) is 9.13 Å². The second kappa shape index (κ2) is 8.83. The Balaban J connectivity index is 1.63. The summed E-state index contributed by atoms with van der Waals surface area (Å²) in [7, 11) is 0. The van der Waals surface area contributed by atoms with Gasteiger partial charge in [0, 0.05) is 18.2 Å². The van der Waals surface area contributed by atoms with Gasteiger partial charge in [-0.05, 0) is 12.1 Å². The van der Waals surface area contributed by atoms with E-state index in [1.54, 1.807) is 6.08 Å². The average molecular weight is 422 g/mol. The van der Waals surface area contributed by atoms with E-state index in [4.69, 9.17) is 19.0 Å². The zero-order chi connectivity index (χ0) is 21.8. The van der Waals surface area contributed by atoms with Gasteiger partial charge in [0.1, 0.15) is 12.8 Å². The number of nitrogens with zero attached hydrogens (tertiary/aromatic N) is 2. The summed E-state index contributed by atoms with van der Waals surface area (Å²) in [6.07, 6.45) is 4.04. The van der Waals surface area contributed by atoms with E-state index in [0.717, 1.165) is 11.0 Å². The first-order valence-electron chi connectivity index (χ1n) is 9.94. The van der Waals surface area contributed by atoms with Crippen molar-refractivity contribution in [3.8, 4) is 0 Å². The number of hydrogen-bond acceptors (Lipinski definition) is 4. The minimum Gasteiger partial charge on any atom is -0.481 e. The monoisotopic (exact) mass is 422 g/mol. The Bertz CT molecular complexity index is 1280. The molecule has 0 bridgehead atoms. The third kappa shape index (κ3) is 4.48. The summed E-state index contributed by atoms with van der Waals surface area (Å²) >= 11 is 0. The molecule has 0 atom stereocenters. The van der Waals surface area contributed by atoms with Gasteiger partial charge in [-0.15, -0.1) is 0 Å². The number of fused-ring (bicyclic) bond motifs is 2. The lowest BCUT2D eigenvalue weighted by atomic mass is 10.3. The van der Waals surface area contributed by atoms with E-state index in [1.165, 1.54) is 0 Å². The van der Waals surface area contributed by atoms with Gasteiger partial charge in [-0.1, -0.05) is 30.3 Å². The van der Waals surface area contributed by atoms with Gasteiger partial charge in [0.2, 0.25) is 11.2 Å². The van der Waals surface area contributed by atoms with Crippen LogP contribution in [-0.2, 0) is 29.1 Å². The smallest absolute Gasteiger partial charge is 0.373 e. The van der Waals surface area contributed by atoms with Gasteiger partial charge < -0.3 is 19.0 Å². The molecule has 4 rings (SSSR count). The van der Waals surface area contributed by atoms with Crippen molar-refractivity contribution in [1.82, 2.24) is 0 Å². The highest BCUT2D eigenvalue weighted by molar-refractivity contribution is 5.70. The Kier molecular flexibility index (Phi) is 5.79. The first-order chi connectivity index (χ1) is 15.0. The van der Waals surface area contributed by atoms with Crippen LogP contribution in [0.1, 0.15) is 24.6 Å². The predicted molar refractivity (Wildman–Crippen MR) is 110 cm³/mol. The second-order valence-corrected chi connectivity index (χ2v) is 7.07. The lowest BCUT2D eigenvalue weighted by Gasteiger charge is -1.94. The van der Waals surface area contributed by atoms with Crippen molar-refractivity contribution in [2.75, 3.05) is 0 Å². The number of rotatable bonds is 9. The highest BCUT2D eigenvalue weighted by atomic mass is 16.4. The quantitative estimate of drug-likeness (QED) is 0.402. The molecule has 31 heavy (non-hydrogen) atoms. The lowest BCUT2D eigenvalue weighted by molar-refractivity contribution is -0.682. The van der Waals surface area contributed by atoms with Crippen LogP contribution in [0.5, 0.6) is 0 Å². The van der Waals surface area contributed by atoms with Crippen LogP contribution in [0.25, 0.3) is 28.3 Å². The van der Waals surface area contributed by atoms with Crippen LogP contribution in [0.15, 0.2) is 63.4 Å². The normalized spacial score (nSPS) is 11.6. The summed E-state index contributed by atoms with van der Waals surface area (Å²) in [5.41, 5.74) is 3.03. The molecule has 0 fully saturated rings. The van der Waals surface area contributed by atoms with E-state index in [2.05, 4.69) is 0 Å². The molecule has 0 saturated heterocycles. The Morgan fingerprint density at radius 1 is 0.806 bits per heavy atom. The van der Waals surface area contributed by atoms with E-state index < -0.39 is 11.9 Å². The number of carboxylic acid groups (broad SMARTS) is 2. The highest BCUT2D eigenvalue weighted by Crippen LogP contribution is 2.17. The van der Waals surface area contributed by atoms with Crippen molar-refractivity contribution in [2.45, 2.75) is 32.4 Å². The second-order valence-electron chi connectivity index (χ2n) is 7.07. The van der Waals surface area contributed by atoms with Crippen LogP contribution in [0, 0.1) is 0 Å². The van der Waals surface area contributed by atoms with E-state index in [1.807, 2.05) is 63.7 Å². The van der Waals surface area contributed by atoms with Gasteiger partial charge in [0.25, 0.3) is 11.0 Å². The summed E-state index contributed by atoms with van der Waals surface area (Å²) in [5.74, 6) is -0.585. The maximum absolute atomic E-state index is 11.1. The van der Waals surface area contributed by atoms with E-state index in [0.29, 0.717) is 35.9 Å². The molecule has 2 heterocycles. The first-order valence-corrected chi connectivity index (χ1v) is 9.94. The van der Waals surface area contributed by atoms with Gasteiger partial charge in [0.05, 0.1) is 6.42 Å². The van der Waals surface area contributed by atoms with Crippen molar-refractivity contribution in [2.24, 2.45) is 0 Å². The Hall–Kier alpha value is -3.94. The molecule has 0 amide bonds. The molecule has 2 N–H and O–H groups in total. The number of carbonyl (C=O) groups is 2. The summed E-state index contributed by atoms with van der Waals surface area (Å²) < 4.78 is 15.5. The molecule has 0 saturated carbocycles. The number of hydrogen-bond donors (Lipinski definition) is 2. The number of aryl methyl sites for hydroxylation is 2. The van der Waals surface area contributed by atoms with Crippen LogP contribution in [0.2, 0.25) is 0 Å². The molecule has 4 aromatic rings. The number of aliphatic carboxylic acids is 2. The van der Waals surface area contributed by atoms with Crippen LogP contribution in [0.3, 0.4) is 0 Å². The molecular weight excluding hydrogens is 400 g/mol. The van der Waals surface area contributed by atoms with Crippen LogP contribution >= 0.6 is 0 Å². The number of benzene rings is 2. The molecule has 2 aromatic carbocycles. The number of allylic oxidation sites excluding steroid dienone is 1. The number of para-hydroxylation sites is 4. The van der Waals surface area contributed by atoms with Crippen LogP contribution < -0.4 is 9.13 Å². The molecule has 0 aliphatic carbocycles. The SMILES string of the molecule is O=C(O)CC[n+]1c(C=CCc2oc3ccccc3[n+]2CCC(=O)O)oc2ccccc21. The minimum absolute atomic E-state index is 0.0102. The fourth-order valence-electron chi connectivity index (χ4n) is 3.56. The average Bonchev–Trinajstić information content (AvgIpc) is 3.28. The highest BCUT2D eigenvalue weighted by Gasteiger charge is 2.24. The lowest BCUT2D eigenvalue weighted by Crippen LogP contribution is -2.37. The topological polar surface area (TPSA) is 109 Å². The third-order valence-electron chi connectivity index (χ3n) is 4.97. The van der Waals surface area contributed by atoms with Crippen LogP contribution in [-0.4, -0.2) is 22.2 Å². The molecule has 0 radical (unpaired) electrons. The summed E-state index contributed by atoms with van der Waals surface area (Å²) in [4.78, 5) is 22.1. The Morgan fingerprint density at radius 2 is 1.35 bits per heavy atom. The zero-order valence-electron chi connectivity index (χ0n) is 16.7. The Labute approximate surface area is 177 Å². The van der Waals surface area contributed by atoms with Crippen molar-refractivity contribution >= 4 is 40.2 Å². The molecule has 8 nitrogen and oxygen atoms in total. The van der Waals surface area contributed by atoms with Crippen molar-refractivity contribution in [3.63, 3.8) is 0 Å². The summed E-state index contributed by atoms with van der Waals surface area (Å²) in [6, 6.07) is 15.0. The molecule has 158 valence electrons. The Morgan fingerprint density at radius 3 is 2.00 bits per heavy atom. The van der Waals surface area contributed by atoms with Gasteiger partial charge in [0.15, 0.2) is 13.1 Å². The van der Waals surface area contributed by atoms with Gasteiger partial charge in [-0.3, -0.25) is 9.59 Å². The fraction of sp³-hybridized carbons (Fsp3) is 0.217. The maximum Gasteiger partial charge on any atom is 0.373 e. The molecule has 8 heteroatoms. The zero-order valence-corrected chi connectivity index (χ0v) is 16.7. The number of carboxylic acids is 2. The molecule has 0 aliphatic rings. The predicted octanol–water partition coefficient (Wildman–Crippen LogP) is 2.96.